The number of rotatable bonds is 4. The third kappa shape index (κ3) is 3.38. The highest BCUT2D eigenvalue weighted by atomic mass is 16.2. The van der Waals surface area contributed by atoms with Crippen molar-refractivity contribution in [1.29, 1.82) is 0 Å². The van der Waals surface area contributed by atoms with Crippen molar-refractivity contribution in [1.82, 2.24) is 34.9 Å². The first kappa shape index (κ1) is 18.6. The number of fused-ring (bicyclic) bond motifs is 3. The highest BCUT2D eigenvalue weighted by Crippen LogP contribution is 2.27. The Bertz CT molecular complexity index is 1200. The Morgan fingerprint density at radius 2 is 2.03 bits per heavy atom. The van der Waals surface area contributed by atoms with Gasteiger partial charge in [-0.05, 0) is 47.9 Å². The molecule has 0 spiro atoms. The van der Waals surface area contributed by atoms with Crippen LogP contribution in [0.15, 0.2) is 42.9 Å². The summed E-state index contributed by atoms with van der Waals surface area (Å²) in [5.74, 6) is -0.0929. The molecule has 0 N–H and O–H groups in total. The van der Waals surface area contributed by atoms with Crippen LogP contribution in [0.4, 0.5) is 0 Å². The van der Waals surface area contributed by atoms with Crippen molar-refractivity contribution in [3.05, 3.63) is 59.7 Å². The van der Waals surface area contributed by atoms with E-state index in [9.17, 15) is 4.79 Å². The average Bonchev–Trinajstić information content (AvgIpc) is 3.29. The van der Waals surface area contributed by atoms with Gasteiger partial charge in [0, 0.05) is 29.4 Å². The van der Waals surface area contributed by atoms with Crippen molar-refractivity contribution in [2.45, 2.75) is 51.6 Å². The molecule has 1 amide bonds. The lowest BCUT2D eigenvalue weighted by Crippen LogP contribution is -2.41. The van der Waals surface area contributed by atoms with Crippen molar-refractivity contribution in [2.75, 3.05) is 0 Å². The van der Waals surface area contributed by atoms with Gasteiger partial charge in [-0.15, -0.1) is 5.10 Å². The summed E-state index contributed by atoms with van der Waals surface area (Å²) in [6.07, 6.45) is 10.2. The molecular weight excluding hydrogens is 378 g/mol. The van der Waals surface area contributed by atoms with E-state index in [2.05, 4.69) is 49.8 Å². The molecule has 152 valence electrons. The summed E-state index contributed by atoms with van der Waals surface area (Å²) in [6, 6.07) is 8.50. The van der Waals surface area contributed by atoms with Gasteiger partial charge < -0.3 is 4.90 Å². The molecule has 4 aromatic rings. The minimum atomic E-state index is -0.0929. The van der Waals surface area contributed by atoms with Crippen LogP contribution in [0.1, 0.15) is 53.7 Å². The Morgan fingerprint density at radius 3 is 2.83 bits per heavy atom. The molecule has 0 aliphatic heterocycles. The maximum Gasteiger partial charge on any atom is 0.274 e. The molecule has 5 rings (SSSR count). The molecule has 0 bridgehead atoms. The van der Waals surface area contributed by atoms with Gasteiger partial charge in [-0.25, -0.2) is 4.98 Å². The predicted molar refractivity (Wildman–Crippen MR) is 112 cm³/mol. The van der Waals surface area contributed by atoms with E-state index >= 15 is 0 Å². The number of aromatic nitrogens is 6. The summed E-state index contributed by atoms with van der Waals surface area (Å²) in [5, 5.41) is 13.4. The molecule has 8 nitrogen and oxygen atoms in total. The monoisotopic (exact) mass is 401 g/mol. The number of carbonyl (C=O) groups is 1. The third-order valence-corrected chi connectivity index (χ3v) is 5.90. The number of amides is 1. The molecule has 0 saturated heterocycles. The van der Waals surface area contributed by atoms with Crippen LogP contribution in [0.25, 0.3) is 16.6 Å². The lowest BCUT2D eigenvalue weighted by Gasteiger charge is -2.34. The van der Waals surface area contributed by atoms with E-state index in [1.54, 1.807) is 16.9 Å². The number of benzene rings is 1. The Balaban J connectivity index is 1.58. The van der Waals surface area contributed by atoms with Crippen LogP contribution in [0.2, 0.25) is 0 Å². The molecule has 0 unspecified atom stereocenters. The van der Waals surface area contributed by atoms with Crippen LogP contribution in [-0.2, 0) is 6.54 Å². The second-order valence-electron chi connectivity index (χ2n) is 7.96. The van der Waals surface area contributed by atoms with Gasteiger partial charge in [0.25, 0.3) is 5.91 Å². The standard InChI is InChI=1S/C22H23N7O/c1-15-7-8-16-12-17(21-25-26-27-29(21)20(16)11-15)14-28(18-5-3-2-4-6-18)22(30)19-13-23-9-10-24-19/h7-13,18H,2-6,14H2,1H3. The normalized spacial score (nSPS) is 15.0. The first-order valence-corrected chi connectivity index (χ1v) is 10.4. The Hall–Kier alpha value is -3.42. The SMILES string of the molecule is Cc1ccc2cc(CN(C(=O)c3cnccn3)C3CCCCC3)c3nnnn3c2c1. The van der Waals surface area contributed by atoms with Gasteiger partial charge >= 0.3 is 0 Å². The van der Waals surface area contributed by atoms with Crippen molar-refractivity contribution >= 4 is 22.5 Å². The van der Waals surface area contributed by atoms with Crippen molar-refractivity contribution < 1.29 is 4.79 Å². The molecule has 3 heterocycles. The van der Waals surface area contributed by atoms with Crippen LogP contribution in [0.5, 0.6) is 0 Å². The Morgan fingerprint density at radius 1 is 1.17 bits per heavy atom. The van der Waals surface area contributed by atoms with Crippen LogP contribution >= 0.6 is 0 Å². The van der Waals surface area contributed by atoms with E-state index in [4.69, 9.17) is 0 Å². The molecule has 30 heavy (non-hydrogen) atoms. The molecular formula is C22H23N7O. The highest BCUT2D eigenvalue weighted by molar-refractivity contribution is 5.92. The quantitative estimate of drug-likeness (QED) is 0.521. The Kier molecular flexibility index (Phi) is 4.82. The largest absolute Gasteiger partial charge is 0.330 e. The maximum atomic E-state index is 13.4. The lowest BCUT2D eigenvalue weighted by molar-refractivity contribution is 0.0608. The molecule has 0 radical (unpaired) electrons. The zero-order valence-electron chi connectivity index (χ0n) is 16.9. The zero-order valence-corrected chi connectivity index (χ0v) is 16.9. The van der Waals surface area contributed by atoms with Crippen molar-refractivity contribution in [3.63, 3.8) is 0 Å². The van der Waals surface area contributed by atoms with E-state index < -0.39 is 0 Å². The summed E-state index contributed by atoms with van der Waals surface area (Å²) < 4.78 is 1.77. The fourth-order valence-electron chi connectivity index (χ4n) is 4.38. The van der Waals surface area contributed by atoms with E-state index in [1.807, 2.05) is 11.8 Å². The molecule has 1 aliphatic rings. The van der Waals surface area contributed by atoms with Gasteiger partial charge in [0.2, 0.25) is 0 Å². The molecule has 1 saturated carbocycles. The number of carbonyl (C=O) groups excluding carboxylic acids is 1. The summed E-state index contributed by atoms with van der Waals surface area (Å²) >= 11 is 0. The van der Waals surface area contributed by atoms with Gasteiger partial charge in [0.05, 0.1) is 18.3 Å². The fraction of sp³-hybridized carbons (Fsp3) is 0.364. The number of nitrogens with zero attached hydrogens (tertiary/aromatic N) is 7. The van der Waals surface area contributed by atoms with Gasteiger partial charge in [0.1, 0.15) is 5.69 Å². The number of hydrogen-bond donors (Lipinski definition) is 0. The van der Waals surface area contributed by atoms with Gasteiger partial charge in [0.15, 0.2) is 5.65 Å². The van der Waals surface area contributed by atoms with E-state index in [0.717, 1.165) is 47.7 Å². The number of pyridine rings is 1. The van der Waals surface area contributed by atoms with Gasteiger partial charge in [-0.1, -0.05) is 31.4 Å². The first-order chi connectivity index (χ1) is 14.7. The highest BCUT2D eigenvalue weighted by Gasteiger charge is 2.28. The topological polar surface area (TPSA) is 89.2 Å². The molecule has 3 aromatic heterocycles. The molecule has 1 aromatic carbocycles. The summed E-state index contributed by atoms with van der Waals surface area (Å²) in [5.41, 5.74) is 4.09. The molecule has 8 heteroatoms. The zero-order chi connectivity index (χ0) is 20.5. The minimum Gasteiger partial charge on any atom is -0.330 e. The molecule has 1 aliphatic carbocycles. The summed E-state index contributed by atoms with van der Waals surface area (Å²) in [7, 11) is 0. The van der Waals surface area contributed by atoms with E-state index in [0.29, 0.717) is 17.9 Å². The predicted octanol–water partition coefficient (Wildman–Crippen LogP) is 3.35. The summed E-state index contributed by atoms with van der Waals surface area (Å²) in [6.45, 7) is 2.49. The number of hydrogen-bond acceptors (Lipinski definition) is 6. The van der Waals surface area contributed by atoms with Crippen LogP contribution in [0.3, 0.4) is 0 Å². The average molecular weight is 401 g/mol. The van der Waals surface area contributed by atoms with Crippen LogP contribution in [0, 0.1) is 6.92 Å². The molecule has 1 fully saturated rings. The fourth-order valence-corrected chi connectivity index (χ4v) is 4.38. The summed E-state index contributed by atoms with van der Waals surface area (Å²) in [4.78, 5) is 23.7. The van der Waals surface area contributed by atoms with Crippen LogP contribution < -0.4 is 0 Å². The second kappa shape index (κ2) is 7.78. The van der Waals surface area contributed by atoms with E-state index in [1.165, 1.54) is 12.6 Å². The number of tetrazole rings is 1. The van der Waals surface area contributed by atoms with Crippen molar-refractivity contribution in [2.24, 2.45) is 0 Å². The number of aryl methyl sites for hydroxylation is 1. The van der Waals surface area contributed by atoms with Crippen LogP contribution in [-0.4, -0.2) is 46.9 Å². The minimum absolute atomic E-state index is 0.0929. The Labute approximate surface area is 173 Å². The molecule has 0 atom stereocenters. The van der Waals surface area contributed by atoms with Crippen molar-refractivity contribution in [3.8, 4) is 0 Å². The maximum absolute atomic E-state index is 13.4. The smallest absolute Gasteiger partial charge is 0.274 e. The second-order valence-corrected chi connectivity index (χ2v) is 7.96. The van der Waals surface area contributed by atoms with E-state index in [-0.39, 0.29) is 11.9 Å². The third-order valence-electron chi connectivity index (χ3n) is 5.90. The first-order valence-electron chi connectivity index (χ1n) is 10.4. The lowest BCUT2D eigenvalue weighted by atomic mass is 9.93. The van der Waals surface area contributed by atoms with Gasteiger partial charge in [-0.2, -0.15) is 4.52 Å². The van der Waals surface area contributed by atoms with Gasteiger partial charge in [-0.3, -0.25) is 9.78 Å².